The number of rotatable bonds is 2. The highest BCUT2D eigenvalue weighted by molar-refractivity contribution is 7.13. The van der Waals surface area contributed by atoms with Crippen LogP contribution in [0, 0.1) is 0 Å². The van der Waals surface area contributed by atoms with Gasteiger partial charge in [-0.3, -0.25) is 4.79 Å². The first kappa shape index (κ1) is 10.6. The number of ether oxygens (including phenoxy) is 1. The number of morpholine rings is 1. The van der Waals surface area contributed by atoms with Crippen LogP contribution in [-0.2, 0) is 4.74 Å². The number of aromatic nitrogens is 1. The van der Waals surface area contributed by atoms with Crippen LogP contribution in [0.1, 0.15) is 24.3 Å². The summed E-state index contributed by atoms with van der Waals surface area (Å²) in [7, 11) is 0. The third-order valence-electron chi connectivity index (χ3n) is 2.47. The molecule has 0 bridgehead atoms. The molecular formula is C10H14N2O2S. The fourth-order valence-corrected chi connectivity index (χ4v) is 2.56. The topological polar surface area (TPSA) is 42.4 Å². The van der Waals surface area contributed by atoms with Crippen LogP contribution in [0.2, 0.25) is 0 Å². The predicted octanol–water partition coefficient (Wildman–Crippen LogP) is 1.57. The van der Waals surface area contributed by atoms with Crippen LogP contribution in [0.15, 0.2) is 5.38 Å². The van der Waals surface area contributed by atoms with Gasteiger partial charge in [-0.25, -0.2) is 4.98 Å². The molecule has 15 heavy (non-hydrogen) atoms. The molecule has 1 unspecified atom stereocenters. The van der Waals surface area contributed by atoms with Crippen LogP contribution in [-0.4, -0.2) is 36.6 Å². The van der Waals surface area contributed by atoms with E-state index in [1.807, 2.05) is 5.38 Å². The fraction of sp³-hybridized carbons (Fsp3) is 0.600. The smallest absolute Gasteiger partial charge is 0.186 e. The van der Waals surface area contributed by atoms with Crippen LogP contribution in [0.4, 0.5) is 5.13 Å². The SMILES string of the molecule is CC(=O)c1csc(N2CCOCC2C)n1. The minimum Gasteiger partial charge on any atom is -0.377 e. The van der Waals surface area contributed by atoms with Crippen molar-refractivity contribution in [2.45, 2.75) is 19.9 Å². The molecule has 1 aromatic rings. The van der Waals surface area contributed by atoms with Crippen molar-refractivity contribution in [1.29, 1.82) is 0 Å². The fourth-order valence-electron chi connectivity index (χ4n) is 1.57. The Labute approximate surface area is 92.9 Å². The van der Waals surface area contributed by atoms with Crippen LogP contribution >= 0.6 is 11.3 Å². The van der Waals surface area contributed by atoms with Crippen LogP contribution in [0.25, 0.3) is 0 Å². The van der Waals surface area contributed by atoms with Gasteiger partial charge in [-0.1, -0.05) is 0 Å². The van der Waals surface area contributed by atoms with E-state index in [-0.39, 0.29) is 5.78 Å². The van der Waals surface area contributed by atoms with E-state index < -0.39 is 0 Å². The number of Topliss-reactive ketones (excluding diaryl/α,β-unsaturated/α-hetero) is 1. The van der Waals surface area contributed by atoms with E-state index in [9.17, 15) is 4.79 Å². The van der Waals surface area contributed by atoms with Gasteiger partial charge < -0.3 is 9.64 Å². The molecule has 4 nitrogen and oxygen atoms in total. The zero-order chi connectivity index (χ0) is 10.8. The highest BCUT2D eigenvalue weighted by Gasteiger charge is 2.22. The van der Waals surface area contributed by atoms with Gasteiger partial charge in [-0.05, 0) is 6.92 Å². The van der Waals surface area contributed by atoms with Gasteiger partial charge in [0.25, 0.3) is 0 Å². The largest absolute Gasteiger partial charge is 0.377 e. The van der Waals surface area contributed by atoms with Crippen molar-refractivity contribution >= 4 is 22.3 Å². The van der Waals surface area contributed by atoms with Crippen LogP contribution < -0.4 is 4.90 Å². The van der Waals surface area contributed by atoms with E-state index in [2.05, 4.69) is 16.8 Å². The summed E-state index contributed by atoms with van der Waals surface area (Å²) >= 11 is 1.53. The van der Waals surface area contributed by atoms with E-state index >= 15 is 0 Å². The lowest BCUT2D eigenvalue weighted by atomic mass is 10.3. The molecule has 0 aliphatic carbocycles. The number of ketones is 1. The van der Waals surface area contributed by atoms with Gasteiger partial charge in [-0.15, -0.1) is 11.3 Å². The first-order valence-corrected chi connectivity index (χ1v) is 5.87. The number of anilines is 1. The Balaban J connectivity index is 2.17. The average molecular weight is 226 g/mol. The Morgan fingerprint density at radius 2 is 2.53 bits per heavy atom. The van der Waals surface area contributed by atoms with E-state index in [4.69, 9.17) is 4.74 Å². The molecular weight excluding hydrogens is 212 g/mol. The molecule has 1 atom stereocenters. The van der Waals surface area contributed by atoms with Crippen molar-refractivity contribution in [3.05, 3.63) is 11.1 Å². The molecule has 5 heteroatoms. The molecule has 2 heterocycles. The molecule has 0 radical (unpaired) electrons. The van der Waals surface area contributed by atoms with Crippen molar-refractivity contribution in [2.24, 2.45) is 0 Å². The van der Waals surface area contributed by atoms with Gasteiger partial charge in [0.1, 0.15) is 5.69 Å². The summed E-state index contributed by atoms with van der Waals surface area (Å²) in [6, 6.07) is 0.338. The summed E-state index contributed by atoms with van der Waals surface area (Å²) in [6.45, 7) is 5.97. The molecule has 0 aromatic carbocycles. The Bertz CT molecular complexity index is 364. The second-order valence-electron chi connectivity index (χ2n) is 3.69. The predicted molar refractivity (Wildman–Crippen MR) is 59.7 cm³/mol. The Kier molecular flexibility index (Phi) is 3.02. The number of carbonyl (C=O) groups is 1. The first-order chi connectivity index (χ1) is 7.18. The number of carbonyl (C=O) groups excluding carboxylic acids is 1. The second kappa shape index (κ2) is 4.28. The summed E-state index contributed by atoms with van der Waals surface area (Å²) in [5.41, 5.74) is 0.564. The zero-order valence-corrected chi connectivity index (χ0v) is 9.71. The summed E-state index contributed by atoms with van der Waals surface area (Å²) < 4.78 is 5.36. The molecule has 1 aliphatic heterocycles. The molecule has 1 aliphatic rings. The maximum absolute atomic E-state index is 11.1. The lowest BCUT2D eigenvalue weighted by Crippen LogP contribution is -2.43. The molecule has 0 amide bonds. The van der Waals surface area contributed by atoms with Gasteiger partial charge in [0, 0.05) is 18.8 Å². The third kappa shape index (κ3) is 2.18. The van der Waals surface area contributed by atoms with Gasteiger partial charge in [-0.2, -0.15) is 0 Å². The van der Waals surface area contributed by atoms with E-state index in [0.717, 1.165) is 24.9 Å². The Morgan fingerprint density at radius 1 is 1.73 bits per heavy atom. The summed E-state index contributed by atoms with van der Waals surface area (Å²) in [6.07, 6.45) is 0. The molecule has 2 rings (SSSR count). The van der Waals surface area contributed by atoms with E-state index in [1.165, 1.54) is 11.3 Å². The van der Waals surface area contributed by atoms with Crippen molar-refractivity contribution in [3.63, 3.8) is 0 Å². The second-order valence-corrected chi connectivity index (χ2v) is 4.53. The minimum absolute atomic E-state index is 0.0263. The standard InChI is InChI=1S/C10H14N2O2S/c1-7-5-14-4-3-12(7)10-11-9(6-15-10)8(2)13/h6-7H,3-5H2,1-2H3. The zero-order valence-electron chi connectivity index (χ0n) is 8.90. The Morgan fingerprint density at radius 3 is 3.13 bits per heavy atom. The molecule has 82 valence electrons. The van der Waals surface area contributed by atoms with E-state index in [1.54, 1.807) is 6.92 Å². The minimum atomic E-state index is 0.0263. The summed E-state index contributed by atoms with van der Waals surface area (Å²) in [4.78, 5) is 17.6. The maximum Gasteiger partial charge on any atom is 0.186 e. The molecule has 0 spiro atoms. The van der Waals surface area contributed by atoms with Gasteiger partial charge in [0.15, 0.2) is 10.9 Å². The van der Waals surface area contributed by atoms with Gasteiger partial charge >= 0.3 is 0 Å². The third-order valence-corrected chi connectivity index (χ3v) is 3.34. The molecule has 0 saturated carbocycles. The number of nitrogens with zero attached hydrogens (tertiary/aromatic N) is 2. The normalized spacial score (nSPS) is 21.7. The lowest BCUT2D eigenvalue weighted by molar-refractivity contribution is 0.0987. The van der Waals surface area contributed by atoms with Crippen molar-refractivity contribution < 1.29 is 9.53 Å². The van der Waals surface area contributed by atoms with Crippen LogP contribution in [0.3, 0.4) is 0 Å². The molecule has 1 saturated heterocycles. The number of hydrogen-bond donors (Lipinski definition) is 0. The monoisotopic (exact) mass is 226 g/mol. The maximum atomic E-state index is 11.1. The van der Waals surface area contributed by atoms with Crippen molar-refractivity contribution in [2.75, 3.05) is 24.7 Å². The molecule has 1 aromatic heterocycles. The molecule has 0 N–H and O–H groups in total. The Hall–Kier alpha value is -0.940. The van der Waals surface area contributed by atoms with Crippen molar-refractivity contribution in [3.8, 4) is 0 Å². The number of thiazole rings is 1. The lowest BCUT2D eigenvalue weighted by Gasteiger charge is -2.32. The van der Waals surface area contributed by atoms with Gasteiger partial charge in [0.05, 0.1) is 19.3 Å². The molecule has 1 fully saturated rings. The quantitative estimate of drug-likeness (QED) is 0.718. The average Bonchev–Trinajstić information content (AvgIpc) is 2.67. The summed E-state index contributed by atoms with van der Waals surface area (Å²) in [5, 5.41) is 2.75. The summed E-state index contributed by atoms with van der Waals surface area (Å²) in [5.74, 6) is 0.0263. The van der Waals surface area contributed by atoms with Crippen LogP contribution in [0.5, 0.6) is 0 Å². The van der Waals surface area contributed by atoms with E-state index in [0.29, 0.717) is 11.7 Å². The highest BCUT2D eigenvalue weighted by atomic mass is 32.1. The highest BCUT2D eigenvalue weighted by Crippen LogP contribution is 2.24. The number of hydrogen-bond acceptors (Lipinski definition) is 5. The van der Waals surface area contributed by atoms with Gasteiger partial charge in [0.2, 0.25) is 0 Å². The first-order valence-electron chi connectivity index (χ1n) is 4.99. The van der Waals surface area contributed by atoms with Crippen molar-refractivity contribution in [1.82, 2.24) is 4.98 Å².